The fourth-order valence-electron chi connectivity index (χ4n) is 4.69. The number of imidazole rings is 1. The lowest BCUT2D eigenvalue weighted by Crippen LogP contribution is -2.37. The van der Waals surface area contributed by atoms with Crippen molar-refractivity contribution >= 4 is 23.8 Å². The number of nitrogens with one attached hydrogen (secondary N) is 3. The van der Waals surface area contributed by atoms with E-state index >= 15 is 0 Å². The van der Waals surface area contributed by atoms with E-state index in [1.807, 2.05) is 51.1 Å². The van der Waals surface area contributed by atoms with E-state index in [0.29, 0.717) is 31.5 Å². The molecule has 1 fully saturated rings. The van der Waals surface area contributed by atoms with Crippen LogP contribution in [0.5, 0.6) is 0 Å². The highest BCUT2D eigenvalue weighted by Gasteiger charge is 2.31. The van der Waals surface area contributed by atoms with Crippen molar-refractivity contribution in [3.63, 3.8) is 0 Å². The molecule has 1 aromatic carbocycles. The summed E-state index contributed by atoms with van der Waals surface area (Å²) in [6, 6.07) is 9.23. The number of carbonyl (C=O) groups excluding carboxylic acids is 4. The molecular formula is C29H40N4O6. The molecule has 2 amide bonds. The van der Waals surface area contributed by atoms with Crippen LogP contribution in [0.1, 0.15) is 87.7 Å². The van der Waals surface area contributed by atoms with E-state index < -0.39 is 23.5 Å². The third kappa shape index (κ3) is 9.85. The SMILES string of the molecule is CCOC(=O)CNC(=O)c1c[nH]c([C@H](Cc2ccccc2)NC(=O)[C@H]2CC[C@H](CC(=O)OC(C)(C)C)CC2)n1. The quantitative estimate of drug-likeness (QED) is 0.370. The van der Waals surface area contributed by atoms with Crippen LogP contribution in [0.25, 0.3) is 0 Å². The summed E-state index contributed by atoms with van der Waals surface area (Å²) < 4.78 is 10.3. The molecule has 1 aliphatic rings. The third-order valence-electron chi connectivity index (χ3n) is 6.55. The Bertz CT molecular complexity index is 1120. The molecule has 0 radical (unpaired) electrons. The second-order valence-corrected chi connectivity index (χ2v) is 10.9. The van der Waals surface area contributed by atoms with Crippen LogP contribution in [-0.2, 0) is 30.3 Å². The standard InChI is InChI=1S/C29H40N4O6/c1-5-38-25(35)18-31-28(37)23-17-30-26(32-23)22(15-19-9-7-6-8-10-19)33-27(36)21-13-11-20(12-14-21)16-24(34)39-29(2,3)4/h6-10,17,20-22H,5,11-16,18H2,1-4H3,(H,30,32)(H,31,37)(H,33,36)/t20-,21-,22-/m0/s1. The van der Waals surface area contributed by atoms with Gasteiger partial charge in [0.2, 0.25) is 5.91 Å². The summed E-state index contributed by atoms with van der Waals surface area (Å²) in [5.74, 6) is -0.817. The van der Waals surface area contributed by atoms with Crippen molar-refractivity contribution in [1.82, 2.24) is 20.6 Å². The molecule has 3 N–H and O–H groups in total. The van der Waals surface area contributed by atoms with Gasteiger partial charge in [-0.05, 0) is 71.3 Å². The van der Waals surface area contributed by atoms with Gasteiger partial charge in [0, 0.05) is 18.5 Å². The number of aromatic nitrogens is 2. The molecule has 212 valence electrons. The lowest BCUT2D eigenvalue weighted by molar-refractivity contribution is -0.156. The second kappa shape index (κ2) is 13.9. The predicted octanol–water partition coefficient (Wildman–Crippen LogP) is 3.64. The van der Waals surface area contributed by atoms with Gasteiger partial charge in [-0.25, -0.2) is 4.98 Å². The number of aromatic amines is 1. The Kier molecular flexibility index (Phi) is 10.7. The van der Waals surface area contributed by atoms with Gasteiger partial charge in [0.25, 0.3) is 5.91 Å². The highest BCUT2D eigenvalue weighted by atomic mass is 16.6. The second-order valence-electron chi connectivity index (χ2n) is 10.9. The fraction of sp³-hybridized carbons (Fsp3) is 0.552. The lowest BCUT2D eigenvalue weighted by Gasteiger charge is -2.29. The zero-order chi connectivity index (χ0) is 28.4. The zero-order valence-corrected chi connectivity index (χ0v) is 23.2. The zero-order valence-electron chi connectivity index (χ0n) is 23.2. The maximum atomic E-state index is 13.3. The molecule has 0 bridgehead atoms. The van der Waals surface area contributed by atoms with Gasteiger partial charge in [0.15, 0.2) is 0 Å². The number of hydrogen-bond acceptors (Lipinski definition) is 7. The minimum Gasteiger partial charge on any atom is -0.465 e. The summed E-state index contributed by atoms with van der Waals surface area (Å²) in [5.41, 5.74) is 0.618. The molecule has 1 heterocycles. The first-order chi connectivity index (χ1) is 18.5. The number of esters is 2. The highest BCUT2D eigenvalue weighted by Crippen LogP contribution is 2.32. The van der Waals surface area contributed by atoms with Crippen molar-refractivity contribution in [2.75, 3.05) is 13.2 Å². The third-order valence-corrected chi connectivity index (χ3v) is 6.55. The van der Waals surface area contributed by atoms with Crippen LogP contribution in [-0.4, -0.2) is 52.5 Å². The van der Waals surface area contributed by atoms with E-state index in [4.69, 9.17) is 9.47 Å². The molecule has 1 aliphatic carbocycles. The van der Waals surface area contributed by atoms with E-state index in [1.54, 1.807) is 6.92 Å². The van der Waals surface area contributed by atoms with Crippen LogP contribution in [0.2, 0.25) is 0 Å². The van der Waals surface area contributed by atoms with Gasteiger partial charge in [-0.15, -0.1) is 0 Å². The number of amides is 2. The van der Waals surface area contributed by atoms with Gasteiger partial charge in [-0.1, -0.05) is 30.3 Å². The van der Waals surface area contributed by atoms with Gasteiger partial charge < -0.3 is 25.1 Å². The predicted molar refractivity (Wildman–Crippen MR) is 144 cm³/mol. The molecule has 10 heteroatoms. The smallest absolute Gasteiger partial charge is 0.325 e. The first kappa shape index (κ1) is 29.9. The Labute approximate surface area is 229 Å². The molecule has 10 nitrogen and oxygen atoms in total. The monoisotopic (exact) mass is 540 g/mol. The maximum absolute atomic E-state index is 13.3. The number of ether oxygens (including phenoxy) is 2. The number of nitrogens with zero attached hydrogens (tertiary/aromatic N) is 1. The Morgan fingerprint density at radius 2 is 1.74 bits per heavy atom. The van der Waals surface area contributed by atoms with Crippen LogP contribution < -0.4 is 10.6 Å². The summed E-state index contributed by atoms with van der Waals surface area (Å²) in [4.78, 5) is 57.0. The van der Waals surface area contributed by atoms with Crippen molar-refractivity contribution < 1.29 is 28.7 Å². The van der Waals surface area contributed by atoms with Gasteiger partial charge in [0.1, 0.15) is 23.7 Å². The Morgan fingerprint density at radius 3 is 2.38 bits per heavy atom. The first-order valence-electron chi connectivity index (χ1n) is 13.6. The van der Waals surface area contributed by atoms with E-state index in [9.17, 15) is 19.2 Å². The molecule has 39 heavy (non-hydrogen) atoms. The average molecular weight is 541 g/mol. The Hall–Kier alpha value is -3.69. The van der Waals surface area contributed by atoms with Crippen molar-refractivity contribution in [2.24, 2.45) is 11.8 Å². The number of benzene rings is 1. The number of H-pyrrole nitrogens is 1. The van der Waals surface area contributed by atoms with E-state index in [1.165, 1.54) is 6.20 Å². The normalized spacial score (nSPS) is 18.1. The fourth-order valence-corrected chi connectivity index (χ4v) is 4.69. The number of carbonyl (C=O) groups is 4. The molecule has 1 atom stereocenters. The molecule has 2 aromatic rings. The number of hydrogen-bond donors (Lipinski definition) is 3. The van der Waals surface area contributed by atoms with Crippen LogP contribution in [0.15, 0.2) is 36.5 Å². The van der Waals surface area contributed by atoms with Gasteiger partial charge >= 0.3 is 11.9 Å². The minimum atomic E-state index is -0.531. The first-order valence-corrected chi connectivity index (χ1v) is 13.6. The molecule has 3 rings (SSSR count). The van der Waals surface area contributed by atoms with E-state index in [0.717, 1.165) is 18.4 Å². The van der Waals surface area contributed by atoms with E-state index in [-0.39, 0.29) is 42.6 Å². The Morgan fingerprint density at radius 1 is 1.05 bits per heavy atom. The topological polar surface area (TPSA) is 139 Å². The summed E-state index contributed by atoms with van der Waals surface area (Å²) in [5, 5.41) is 5.62. The average Bonchev–Trinajstić information content (AvgIpc) is 3.37. The van der Waals surface area contributed by atoms with Crippen molar-refractivity contribution in [3.8, 4) is 0 Å². The van der Waals surface area contributed by atoms with Gasteiger partial charge in [0.05, 0.1) is 12.6 Å². The van der Waals surface area contributed by atoms with Crippen LogP contribution in [0.3, 0.4) is 0 Å². The summed E-state index contributed by atoms with van der Waals surface area (Å²) in [6.07, 6.45) is 5.27. The summed E-state index contributed by atoms with van der Waals surface area (Å²) in [7, 11) is 0. The number of rotatable bonds is 11. The van der Waals surface area contributed by atoms with Crippen LogP contribution in [0, 0.1) is 11.8 Å². The van der Waals surface area contributed by atoms with Crippen molar-refractivity contribution in [1.29, 1.82) is 0 Å². The minimum absolute atomic E-state index is 0.0728. The Balaban J connectivity index is 1.62. The summed E-state index contributed by atoms with van der Waals surface area (Å²) in [6.45, 7) is 7.24. The summed E-state index contributed by atoms with van der Waals surface area (Å²) >= 11 is 0. The molecule has 0 aliphatic heterocycles. The molecular weight excluding hydrogens is 500 g/mol. The van der Waals surface area contributed by atoms with E-state index in [2.05, 4.69) is 20.6 Å². The lowest BCUT2D eigenvalue weighted by atomic mass is 9.80. The van der Waals surface area contributed by atoms with Crippen LogP contribution >= 0.6 is 0 Å². The van der Waals surface area contributed by atoms with Gasteiger partial charge in [-0.2, -0.15) is 0 Å². The van der Waals surface area contributed by atoms with Gasteiger partial charge in [-0.3, -0.25) is 19.2 Å². The maximum Gasteiger partial charge on any atom is 0.325 e. The molecule has 0 spiro atoms. The van der Waals surface area contributed by atoms with Crippen molar-refractivity contribution in [2.45, 2.75) is 77.9 Å². The molecule has 0 saturated heterocycles. The highest BCUT2D eigenvalue weighted by molar-refractivity contribution is 5.94. The molecule has 0 unspecified atom stereocenters. The van der Waals surface area contributed by atoms with Crippen LogP contribution in [0.4, 0.5) is 0 Å². The largest absolute Gasteiger partial charge is 0.465 e. The van der Waals surface area contributed by atoms with Crippen molar-refractivity contribution in [3.05, 3.63) is 53.6 Å². The molecule has 1 aromatic heterocycles. The molecule has 1 saturated carbocycles.